The average molecular weight is 236 g/mol. The maximum atomic E-state index is 12.0. The first-order valence-electron chi connectivity index (χ1n) is 6.56. The highest BCUT2D eigenvalue weighted by Crippen LogP contribution is 2.35. The molecule has 0 aromatic heterocycles. The number of carbonyl (C=O) groups is 1. The van der Waals surface area contributed by atoms with Crippen molar-refractivity contribution in [2.75, 3.05) is 0 Å². The van der Waals surface area contributed by atoms with Crippen LogP contribution in [0, 0.1) is 28.6 Å². The number of hydrogen-bond acceptors (Lipinski definition) is 2. The summed E-state index contributed by atoms with van der Waals surface area (Å²) in [5.74, 6) is -0.526. The molecule has 0 spiro atoms. The SMILES string of the molecule is CC(C)C(C#N)C(=O)NC1CCCC(C)(C)C1. The Kier molecular flexibility index (Phi) is 4.56. The predicted octanol–water partition coefficient (Wildman–Crippen LogP) is 2.87. The number of carbonyl (C=O) groups excluding carboxylic acids is 1. The first-order chi connectivity index (χ1) is 7.85. The number of nitriles is 1. The van der Waals surface area contributed by atoms with Crippen molar-refractivity contribution in [3.63, 3.8) is 0 Å². The second-order valence-corrected chi connectivity index (χ2v) is 6.32. The van der Waals surface area contributed by atoms with E-state index in [0.29, 0.717) is 5.41 Å². The normalized spacial score (nSPS) is 25.1. The lowest BCUT2D eigenvalue weighted by Gasteiger charge is -2.36. The summed E-state index contributed by atoms with van der Waals surface area (Å²) in [7, 11) is 0. The summed E-state index contributed by atoms with van der Waals surface area (Å²) in [5.41, 5.74) is 0.316. The van der Waals surface area contributed by atoms with Crippen LogP contribution in [0.25, 0.3) is 0 Å². The van der Waals surface area contributed by atoms with Crippen molar-refractivity contribution in [2.24, 2.45) is 17.3 Å². The van der Waals surface area contributed by atoms with Gasteiger partial charge in [-0.2, -0.15) is 5.26 Å². The molecule has 1 rings (SSSR count). The minimum atomic E-state index is -0.514. The largest absolute Gasteiger partial charge is 0.352 e. The van der Waals surface area contributed by atoms with Gasteiger partial charge in [0.2, 0.25) is 5.91 Å². The van der Waals surface area contributed by atoms with E-state index < -0.39 is 5.92 Å². The molecule has 0 heterocycles. The summed E-state index contributed by atoms with van der Waals surface area (Å²) in [6.07, 6.45) is 4.46. The molecule has 2 unspecified atom stereocenters. The Morgan fingerprint density at radius 2 is 2.12 bits per heavy atom. The Bertz CT molecular complexity index is 315. The van der Waals surface area contributed by atoms with Crippen molar-refractivity contribution in [3.8, 4) is 6.07 Å². The number of nitrogens with one attached hydrogen (secondary N) is 1. The third kappa shape index (κ3) is 4.03. The van der Waals surface area contributed by atoms with E-state index in [1.165, 1.54) is 6.42 Å². The summed E-state index contributed by atoms with van der Waals surface area (Å²) >= 11 is 0. The molecule has 1 amide bonds. The summed E-state index contributed by atoms with van der Waals surface area (Å²) in [6, 6.07) is 2.35. The maximum absolute atomic E-state index is 12.0. The quantitative estimate of drug-likeness (QED) is 0.819. The molecular formula is C14H24N2O. The first-order valence-corrected chi connectivity index (χ1v) is 6.56. The van der Waals surface area contributed by atoms with Crippen LogP contribution >= 0.6 is 0 Å². The molecule has 1 fully saturated rings. The Labute approximate surface area is 105 Å². The van der Waals surface area contributed by atoms with Crippen molar-refractivity contribution in [3.05, 3.63) is 0 Å². The molecule has 1 aliphatic carbocycles. The van der Waals surface area contributed by atoms with Gasteiger partial charge >= 0.3 is 0 Å². The molecule has 0 saturated heterocycles. The Balaban J connectivity index is 2.54. The van der Waals surface area contributed by atoms with Crippen LogP contribution in [0.4, 0.5) is 0 Å². The van der Waals surface area contributed by atoms with Crippen LogP contribution in [0.1, 0.15) is 53.4 Å². The molecule has 3 nitrogen and oxygen atoms in total. The van der Waals surface area contributed by atoms with Gasteiger partial charge in [-0.05, 0) is 30.6 Å². The number of hydrogen-bond donors (Lipinski definition) is 1. The summed E-state index contributed by atoms with van der Waals surface area (Å²) in [6.45, 7) is 8.32. The fraction of sp³-hybridized carbons (Fsp3) is 0.857. The standard InChI is InChI=1S/C14H24N2O/c1-10(2)12(9-15)13(17)16-11-6-5-7-14(3,4)8-11/h10-12H,5-8H2,1-4H3,(H,16,17). The number of amides is 1. The maximum Gasteiger partial charge on any atom is 0.237 e. The molecule has 1 N–H and O–H groups in total. The molecule has 0 aromatic carbocycles. The Hall–Kier alpha value is -1.04. The fourth-order valence-electron chi connectivity index (χ4n) is 2.62. The molecule has 3 heteroatoms. The molecule has 17 heavy (non-hydrogen) atoms. The van der Waals surface area contributed by atoms with E-state index in [2.05, 4.69) is 25.2 Å². The highest BCUT2D eigenvalue weighted by Gasteiger charge is 2.31. The molecule has 0 aromatic rings. The summed E-state index contributed by atoms with van der Waals surface area (Å²) in [4.78, 5) is 12.0. The van der Waals surface area contributed by atoms with Gasteiger partial charge in [-0.25, -0.2) is 0 Å². The van der Waals surface area contributed by atoms with Crippen LogP contribution in [-0.4, -0.2) is 11.9 Å². The van der Waals surface area contributed by atoms with Crippen LogP contribution in [0.15, 0.2) is 0 Å². The third-order valence-electron chi connectivity index (χ3n) is 3.64. The highest BCUT2D eigenvalue weighted by molar-refractivity contribution is 5.81. The minimum Gasteiger partial charge on any atom is -0.352 e. The van der Waals surface area contributed by atoms with E-state index in [1.54, 1.807) is 0 Å². The molecular weight excluding hydrogens is 212 g/mol. The lowest BCUT2D eigenvalue weighted by molar-refractivity contribution is -0.125. The van der Waals surface area contributed by atoms with Crippen molar-refractivity contribution in [1.82, 2.24) is 5.32 Å². The van der Waals surface area contributed by atoms with Crippen LogP contribution < -0.4 is 5.32 Å². The van der Waals surface area contributed by atoms with Crippen molar-refractivity contribution >= 4 is 5.91 Å². The van der Waals surface area contributed by atoms with Crippen molar-refractivity contribution in [1.29, 1.82) is 5.26 Å². The van der Waals surface area contributed by atoms with Gasteiger partial charge < -0.3 is 5.32 Å². The third-order valence-corrected chi connectivity index (χ3v) is 3.64. The van der Waals surface area contributed by atoms with Crippen molar-refractivity contribution < 1.29 is 4.79 Å². The van der Waals surface area contributed by atoms with E-state index in [0.717, 1.165) is 19.3 Å². The zero-order valence-electron chi connectivity index (χ0n) is 11.4. The summed E-state index contributed by atoms with van der Waals surface area (Å²) < 4.78 is 0. The Morgan fingerprint density at radius 3 is 2.59 bits per heavy atom. The topological polar surface area (TPSA) is 52.9 Å². The first kappa shape index (κ1) is 14.0. The van der Waals surface area contributed by atoms with Gasteiger partial charge in [-0.15, -0.1) is 0 Å². The van der Waals surface area contributed by atoms with Crippen LogP contribution in [0.2, 0.25) is 0 Å². The minimum absolute atomic E-state index is 0.0802. The molecule has 96 valence electrons. The van der Waals surface area contributed by atoms with E-state index in [4.69, 9.17) is 5.26 Å². The van der Waals surface area contributed by atoms with E-state index in [1.807, 2.05) is 13.8 Å². The second-order valence-electron chi connectivity index (χ2n) is 6.32. The van der Waals surface area contributed by atoms with E-state index >= 15 is 0 Å². The lowest BCUT2D eigenvalue weighted by atomic mass is 9.75. The predicted molar refractivity (Wildman–Crippen MR) is 68.1 cm³/mol. The van der Waals surface area contributed by atoms with Crippen LogP contribution in [0.3, 0.4) is 0 Å². The van der Waals surface area contributed by atoms with Crippen molar-refractivity contribution in [2.45, 2.75) is 59.4 Å². The smallest absolute Gasteiger partial charge is 0.237 e. The second kappa shape index (κ2) is 5.53. The van der Waals surface area contributed by atoms with Gasteiger partial charge in [0.1, 0.15) is 5.92 Å². The fourth-order valence-corrected chi connectivity index (χ4v) is 2.62. The zero-order chi connectivity index (χ0) is 13.1. The molecule has 1 saturated carbocycles. The highest BCUT2D eigenvalue weighted by atomic mass is 16.1. The monoisotopic (exact) mass is 236 g/mol. The Morgan fingerprint density at radius 1 is 1.47 bits per heavy atom. The van der Waals surface area contributed by atoms with Gasteiger partial charge in [0.15, 0.2) is 0 Å². The molecule has 0 aliphatic heterocycles. The molecule has 0 radical (unpaired) electrons. The lowest BCUT2D eigenvalue weighted by Crippen LogP contribution is -2.44. The van der Waals surface area contributed by atoms with Gasteiger partial charge in [-0.1, -0.05) is 34.1 Å². The zero-order valence-corrected chi connectivity index (χ0v) is 11.4. The molecule has 0 bridgehead atoms. The van der Waals surface area contributed by atoms with Gasteiger partial charge in [-0.3, -0.25) is 4.79 Å². The van der Waals surface area contributed by atoms with Gasteiger partial charge in [0.05, 0.1) is 6.07 Å². The van der Waals surface area contributed by atoms with E-state index in [-0.39, 0.29) is 17.9 Å². The average Bonchev–Trinajstić information content (AvgIpc) is 2.15. The molecule has 1 aliphatic rings. The van der Waals surface area contributed by atoms with Gasteiger partial charge in [0, 0.05) is 6.04 Å². The number of nitrogens with zero attached hydrogens (tertiary/aromatic N) is 1. The van der Waals surface area contributed by atoms with E-state index in [9.17, 15) is 4.79 Å². The van der Waals surface area contributed by atoms with Crippen LogP contribution in [-0.2, 0) is 4.79 Å². The molecule has 2 atom stereocenters. The number of rotatable bonds is 3. The van der Waals surface area contributed by atoms with Crippen LogP contribution in [0.5, 0.6) is 0 Å². The summed E-state index contributed by atoms with van der Waals surface area (Å²) in [5, 5.41) is 12.0. The van der Waals surface area contributed by atoms with Gasteiger partial charge in [0.25, 0.3) is 0 Å².